The summed E-state index contributed by atoms with van der Waals surface area (Å²) in [6.45, 7) is 0. The van der Waals surface area contributed by atoms with Crippen molar-refractivity contribution >= 4 is 33.2 Å². The van der Waals surface area contributed by atoms with Crippen molar-refractivity contribution in [1.82, 2.24) is 5.48 Å². The number of thiophene rings is 1. The van der Waals surface area contributed by atoms with Gasteiger partial charge in [0.2, 0.25) is 5.91 Å². The smallest absolute Gasteiger partial charge is 0.248 e. The van der Waals surface area contributed by atoms with Gasteiger partial charge in [0.05, 0.1) is 12.5 Å². The third-order valence-corrected chi connectivity index (χ3v) is 4.05. The van der Waals surface area contributed by atoms with Gasteiger partial charge in [0.25, 0.3) is 0 Å². The average molecular weight is 290 g/mol. The maximum atomic E-state index is 11.4. The molecule has 1 amide bonds. The van der Waals surface area contributed by atoms with E-state index in [2.05, 4.69) is 21.4 Å². The van der Waals surface area contributed by atoms with Crippen molar-refractivity contribution in [2.24, 2.45) is 0 Å². The van der Waals surface area contributed by atoms with E-state index in [-0.39, 0.29) is 12.0 Å². The Labute approximate surface area is 101 Å². The zero-order chi connectivity index (χ0) is 10.7. The van der Waals surface area contributed by atoms with Crippen LogP contribution in [0.3, 0.4) is 0 Å². The number of amides is 1. The molecule has 1 aromatic rings. The van der Waals surface area contributed by atoms with Crippen LogP contribution in [0.15, 0.2) is 15.9 Å². The summed E-state index contributed by atoms with van der Waals surface area (Å²) in [4.78, 5) is 17.7. The summed E-state index contributed by atoms with van der Waals surface area (Å²) in [5.41, 5.74) is 2.49. The SMILES string of the molecule is O=C(Cc1cc(Br)cs1)NOC1CCC1. The van der Waals surface area contributed by atoms with Gasteiger partial charge in [0, 0.05) is 14.7 Å². The molecular weight excluding hydrogens is 278 g/mol. The standard InChI is InChI=1S/C10H12BrNO2S/c11-7-4-9(15-6-7)5-10(13)12-14-8-2-1-3-8/h4,6,8H,1-3,5H2,(H,12,13). The molecule has 1 aliphatic carbocycles. The van der Waals surface area contributed by atoms with Gasteiger partial charge in [-0.25, -0.2) is 5.48 Å². The van der Waals surface area contributed by atoms with E-state index in [1.54, 1.807) is 11.3 Å². The zero-order valence-corrected chi connectivity index (χ0v) is 10.6. The molecule has 5 heteroatoms. The number of halogens is 1. The van der Waals surface area contributed by atoms with Crippen LogP contribution in [0.2, 0.25) is 0 Å². The van der Waals surface area contributed by atoms with Gasteiger partial charge < -0.3 is 0 Å². The monoisotopic (exact) mass is 289 g/mol. The predicted molar refractivity (Wildman–Crippen MR) is 62.6 cm³/mol. The summed E-state index contributed by atoms with van der Waals surface area (Å²) >= 11 is 4.92. The first-order valence-electron chi connectivity index (χ1n) is 4.91. The van der Waals surface area contributed by atoms with Gasteiger partial charge in [-0.1, -0.05) is 0 Å². The van der Waals surface area contributed by atoms with Crippen molar-refractivity contribution in [2.75, 3.05) is 0 Å². The second-order valence-corrected chi connectivity index (χ2v) is 5.52. The molecule has 0 radical (unpaired) electrons. The first-order chi connectivity index (χ1) is 7.24. The van der Waals surface area contributed by atoms with Gasteiger partial charge in [0.15, 0.2) is 0 Å². The molecule has 0 saturated heterocycles. The molecule has 0 aliphatic heterocycles. The molecule has 1 heterocycles. The molecule has 3 nitrogen and oxygen atoms in total. The van der Waals surface area contributed by atoms with E-state index in [1.165, 1.54) is 6.42 Å². The quantitative estimate of drug-likeness (QED) is 0.866. The van der Waals surface area contributed by atoms with Crippen LogP contribution in [0, 0.1) is 0 Å². The number of nitrogens with one attached hydrogen (secondary N) is 1. The summed E-state index contributed by atoms with van der Waals surface area (Å²) in [7, 11) is 0. The van der Waals surface area contributed by atoms with Gasteiger partial charge >= 0.3 is 0 Å². The number of hydrogen-bond acceptors (Lipinski definition) is 3. The third-order valence-electron chi connectivity index (χ3n) is 2.35. The molecule has 0 unspecified atom stereocenters. The number of carbonyl (C=O) groups is 1. The maximum Gasteiger partial charge on any atom is 0.248 e. The Morgan fingerprint density at radius 2 is 2.47 bits per heavy atom. The summed E-state index contributed by atoms with van der Waals surface area (Å²) in [6, 6.07) is 1.95. The highest BCUT2D eigenvalue weighted by atomic mass is 79.9. The Morgan fingerprint density at radius 1 is 1.67 bits per heavy atom. The van der Waals surface area contributed by atoms with E-state index in [1.807, 2.05) is 11.4 Å². The van der Waals surface area contributed by atoms with E-state index in [4.69, 9.17) is 4.84 Å². The maximum absolute atomic E-state index is 11.4. The molecule has 1 saturated carbocycles. The van der Waals surface area contributed by atoms with Crippen molar-refractivity contribution in [3.05, 3.63) is 20.8 Å². The number of hydrogen-bond donors (Lipinski definition) is 1. The molecule has 1 aromatic heterocycles. The lowest BCUT2D eigenvalue weighted by Crippen LogP contribution is -2.33. The largest absolute Gasteiger partial charge is 0.272 e. The van der Waals surface area contributed by atoms with Crippen molar-refractivity contribution in [2.45, 2.75) is 31.8 Å². The predicted octanol–water partition coefficient (Wildman–Crippen LogP) is 2.65. The summed E-state index contributed by atoms with van der Waals surface area (Å²) in [5.74, 6) is -0.0729. The minimum atomic E-state index is -0.0729. The molecule has 1 fully saturated rings. The fourth-order valence-electron chi connectivity index (χ4n) is 1.28. The van der Waals surface area contributed by atoms with E-state index in [9.17, 15) is 4.79 Å². The van der Waals surface area contributed by atoms with Gasteiger partial charge in [-0.15, -0.1) is 11.3 Å². The summed E-state index contributed by atoms with van der Waals surface area (Å²) in [6.07, 6.45) is 3.96. The van der Waals surface area contributed by atoms with Crippen molar-refractivity contribution < 1.29 is 9.63 Å². The molecule has 2 rings (SSSR count). The molecular formula is C10H12BrNO2S. The number of rotatable bonds is 4. The highest BCUT2D eigenvalue weighted by molar-refractivity contribution is 9.10. The third kappa shape index (κ3) is 3.29. The van der Waals surface area contributed by atoms with Crippen LogP contribution in [0.25, 0.3) is 0 Å². The summed E-state index contributed by atoms with van der Waals surface area (Å²) < 4.78 is 1.02. The fraction of sp³-hybridized carbons (Fsp3) is 0.500. The van der Waals surface area contributed by atoms with Crippen LogP contribution in [0.1, 0.15) is 24.1 Å². The second-order valence-electron chi connectivity index (χ2n) is 3.60. The first-order valence-corrected chi connectivity index (χ1v) is 6.59. The van der Waals surface area contributed by atoms with Gasteiger partial charge in [-0.2, -0.15) is 0 Å². The molecule has 0 aromatic carbocycles. The lowest BCUT2D eigenvalue weighted by Gasteiger charge is -2.24. The van der Waals surface area contributed by atoms with E-state index in [0.29, 0.717) is 6.42 Å². The molecule has 1 aliphatic rings. The molecule has 82 valence electrons. The zero-order valence-electron chi connectivity index (χ0n) is 8.16. The van der Waals surface area contributed by atoms with Crippen LogP contribution in [0.5, 0.6) is 0 Å². The number of hydroxylamine groups is 1. The van der Waals surface area contributed by atoms with Crippen LogP contribution < -0.4 is 5.48 Å². The molecule has 15 heavy (non-hydrogen) atoms. The topological polar surface area (TPSA) is 38.3 Å². The van der Waals surface area contributed by atoms with E-state index < -0.39 is 0 Å². The van der Waals surface area contributed by atoms with Crippen LogP contribution in [-0.2, 0) is 16.1 Å². The van der Waals surface area contributed by atoms with Gasteiger partial charge in [-0.3, -0.25) is 9.63 Å². The fourth-order valence-corrected chi connectivity index (χ4v) is 2.73. The highest BCUT2D eigenvalue weighted by Gasteiger charge is 2.19. The van der Waals surface area contributed by atoms with E-state index >= 15 is 0 Å². The normalized spacial score (nSPS) is 16.1. The Hall–Kier alpha value is -0.390. The minimum Gasteiger partial charge on any atom is -0.272 e. The molecule has 1 N–H and O–H groups in total. The van der Waals surface area contributed by atoms with Crippen LogP contribution in [0.4, 0.5) is 0 Å². The Kier molecular flexibility index (Phi) is 3.77. The van der Waals surface area contributed by atoms with Crippen molar-refractivity contribution in [3.63, 3.8) is 0 Å². The van der Waals surface area contributed by atoms with E-state index in [0.717, 1.165) is 22.2 Å². The molecule has 0 bridgehead atoms. The van der Waals surface area contributed by atoms with Crippen molar-refractivity contribution in [3.8, 4) is 0 Å². The Morgan fingerprint density at radius 3 is 3.00 bits per heavy atom. The van der Waals surface area contributed by atoms with Gasteiger partial charge in [-0.05, 0) is 41.3 Å². The lowest BCUT2D eigenvalue weighted by molar-refractivity contribution is -0.142. The van der Waals surface area contributed by atoms with Crippen LogP contribution >= 0.6 is 27.3 Å². The molecule has 0 spiro atoms. The Balaban J connectivity index is 1.71. The second kappa shape index (κ2) is 5.09. The minimum absolute atomic E-state index is 0.0729. The first kappa shape index (κ1) is 11.1. The van der Waals surface area contributed by atoms with Crippen LogP contribution in [-0.4, -0.2) is 12.0 Å². The highest BCUT2D eigenvalue weighted by Crippen LogP contribution is 2.21. The molecule has 0 atom stereocenters. The average Bonchev–Trinajstić information content (AvgIpc) is 2.48. The lowest BCUT2D eigenvalue weighted by atomic mass is 9.97. The van der Waals surface area contributed by atoms with Crippen molar-refractivity contribution in [1.29, 1.82) is 0 Å². The number of carbonyl (C=O) groups excluding carboxylic acids is 1. The Bertz CT molecular complexity index is 349. The summed E-state index contributed by atoms with van der Waals surface area (Å²) in [5, 5.41) is 1.97. The van der Waals surface area contributed by atoms with Gasteiger partial charge in [0.1, 0.15) is 0 Å².